The molecule has 5 nitrogen and oxygen atoms in total. The van der Waals surface area contributed by atoms with Crippen LogP contribution in [0.3, 0.4) is 0 Å². The number of aliphatic imine (C=N–C) groups is 1. The fourth-order valence-electron chi connectivity index (χ4n) is 2.66. The molecule has 0 saturated carbocycles. The predicted octanol–water partition coefficient (Wildman–Crippen LogP) is 3.07. The number of nitrogens with zero attached hydrogens (tertiary/aromatic N) is 1. The first-order chi connectivity index (χ1) is 13.2. The van der Waals surface area contributed by atoms with Gasteiger partial charge in [0, 0.05) is 37.0 Å². The maximum absolute atomic E-state index is 13.8. The van der Waals surface area contributed by atoms with Gasteiger partial charge in [-0.05, 0) is 41.8 Å². The molecular weight excluding hydrogens is 408 g/mol. The van der Waals surface area contributed by atoms with Gasteiger partial charge in [0.25, 0.3) is 0 Å². The standard InChI is InChI=1S/C19H22ClF2N3O2S/c1-23-19(24-9-8-16-17(20)4-3-5-18(16)22)25-11-14-10-15(21)7-6-13(14)12-28(2,26)27/h3-7,10H,8-9,11-12H2,1-2H3,(H2,23,24,25). The zero-order valence-corrected chi connectivity index (χ0v) is 17.2. The molecule has 0 aliphatic heterocycles. The molecule has 2 aromatic rings. The van der Waals surface area contributed by atoms with Crippen LogP contribution in [0.15, 0.2) is 41.4 Å². The summed E-state index contributed by atoms with van der Waals surface area (Å²) >= 11 is 6.01. The lowest BCUT2D eigenvalue weighted by Gasteiger charge is -2.15. The molecule has 0 spiro atoms. The number of rotatable bonds is 7. The average molecular weight is 430 g/mol. The van der Waals surface area contributed by atoms with Crippen LogP contribution in [0.1, 0.15) is 16.7 Å². The Bertz CT molecular complexity index is 945. The molecule has 2 rings (SSSR count). The smallest absolute Gasteiger partial charge is 0.191 e. The third kappa shape index (κ3) is 6.76. The molecule has 28 heavy (non-hydrogen) atoms. The van der Waals surface area contributed by atoms with Gasteiger partial charge in [-0.3, -0.25) is 4.99 Å². The van der Waals surface area contributed by atoms with Crippen LogP contribution >= 0.6 is 11.6 Å². The van der Waals surface area contributed by atoms with E-state index in [1.54, 1.807) is 19.2 Å². The fraction of sp³-hybridized carbons (Fsp3) is 0.316. The summed E-state index contributed by atoms with van der Waals surface area (Å²) < 4.78 is 50.5. The minimum absolute atomic E-state index is 0.178. The summed E-state index contributed by atoms with van der Waals surface area (Å²) in [6, 6.07) is 8.50. The zero-order valence-electron chi connectivity index (χ0n) is 15.6. The number of hydrogen-bond acceptors (Lipinski definition) is 3. The van der Waals surface area contributed by atoms with Crippen molar-refractivity contribution in [3.05, 3.63) is 69.7 Å². The Labute approximate surface area is 168 Å². The second-order valence-electron chi connectivity index (χ2n) is 6.29. The highest BCUT2D eigenvalue weighted by atomic mass is 35.5. The molecule has 2 aromatic carbocycles. The van der Waals surface area contributed by atoms with Gasteiger partial charge in [0.15, 0.2) is 15.8 Å². The highest BCUT2D eigenvalue weighted by Gasteiger charge is 2.11. The van der Waals surface area contributed by atoms with Gasteiger partial charge in [-0.2, -0.15) is 0 Å². The van der Waals surface area contributed by atoms with Crippen LogP contribution in [0, 0.1) is 11.6 Å². The van der Waals surface area contributed by atoms with Crippen LogP contribution < -0.4 is 10.6 Å². The van der Waals surface area contributed by atoms with E-state index in [0.717, 1.165) is 6.26 Å². The first-order valence-electron chi connectivity index (χ1n) is 8.52. The normalized spacial score (nSPS) is 12.1. The molecule has 9 heteroatoms. The highest BCUT2D eigenvalue weighted by molar-refractivity contribution is 7.89. The molecule has 0 aliphatic rings. The number of benzene rings is 2. The van der Waals surface area contributed by atoms with Crippen LogP contribution in [-0.2, 0) is 28.6 Å². The molecule has 152 valence electrons. The lowest BCUT2D eigenvalue weighted by atomic mass is 10.1. The molecule has 0 atom stereocenters. The summed E-state index contributed by atoms with van der Waals surface area (Å²) in [4.78, 5) is 4.06. The van der Waals surface area contributed by atoms with E-state index < -0.39 is 15.7 Å². The van der Waals surface area contributed by atoms with Crippen LogP contribution in [0.25, 0.3) is 0 Å². The highest BCUT2D eigenvalue weighted by Crippen LogP contribution is 2.19. The Kier molecular flexibility index (Phi) is 7.77. The van der Waals surface area contributed by atoms with Crippen molar-refractivity contribution in [2.45, 2.75) is 18.7 Å². The van der Waals surface area contributed by atoms with Crippen molar-refractivity contribution in [1.82, 2.24) is 10.6 Å². The number of hydrogen-bond donors (Lipinski definition) is 2. The van der Waals surface area contributed by atoms with Gasteiger partial charge >= 0.3 is 0 Å². The average Bonchev–Trinajstić information content (AvgIpc) is 2.61. The van der Waals surface area contributed by atoms with Crippen molar-refractivity contribution in [3.63, 3.8) is 0 Å². The van der Waals surface area contributed by atoms with Gasteiger partial charge in [0.05, 0.1) is 5.75 Å². The van der Waals surface area contributed by atoms with E-state index in [2.05, 4.69) is 15.6 Å². The van der Waals surface area contributed by atoms with Crippen LogP contribution in [-0.4, -0.2) is 34.2 Å². The summed E-state index contributed by atoms with van der Waals surface area (Å²) in [5.41, 5.74) is 1.45. The number of guanidine groups is 1. The van der Waals surface area contributed by atoms with Gasteiger partial charge in [0.1, 0.15) is 11.6 Å². The summed E-state index contributed by atoms with van der Waals surface area (Å²) in [5.74, 6) is -0.585. The van der Waals surface area contributed by atoms with Crippen LogP contribution in [0.2, 0.25) is 5.02 Å². The van der Waals surface area contributed by atoms with E-state index in [1.165, 1.54) is 24.3 Å². The Morgan fingerprint density at radius 1 is 1.14 bits per heavy atom. The quantitative estimate of drug-likeness (QED) is 0.524. The summed E-state index contributed by atoms with van der Waals surface area (Å²) in [6.07, 6.45) is 1.48. The van der Waals surface area contributed by atoms with Gasteiger partial charge < -0.3 is 10.6 Å². The first-order valence-corrected chi connectivity index (χ1v) is 11.0. The van der Waals surface area contributed by atoms with Gasteiger partial charge in [-0.1, -0.05) is 23.7 Å². The Hall–Kier alpha value is -2.19. The van der Waals surface area contributed by atoms with Crippen molar-refractivity contribution in [2.24, 2.45) is 4.99 Å². The third-order valence-corrected chi connectivity index (χ3v) is 5.17. The maximum Gasteiger partial charge on any atom is 0.191 e. The zero-order chi connectivity index (χ0) is 20.7. The van der Waals surface area contributed by atoms with Crippen molar-refractivity contribution in [3.8, 4) is 0 Å². The molecule has 0 bridgehead atoms. The molecule has 2 N–H and O–H groups in total. The molecule has 0 fully saturated rings. The summed E-state index contributed by atoms with van der Waals surface area (Å²) in [5, 5.41) is 6.39. The molecule has 0 heterocycles. The lowest BCUT2D eigenvalue weighted by Crippen LogP contribution is -2.38. The van der Waals surface area contributed by atoms with E-state index in [1.807, 2.05) is 0 Å². The SMILES string of the molecule is CN=C(NCCc1c(F)cccc1Cl)NCc1cc(F)ccc1CS(C)(=O)=O. The second-order valence-corrected chi connectivity index (χ2v) is 8.83. The Morgan fingerprint density at radius 3 is 2.54 bits per heavy atom. The van der Waals surface area contributed by atoms with Gasteiger partial charge in [0.2, 0.25) is 0 Å². The number of nitrogens with one attached hydrogen (secondary N) is 2. The third-order valence-electron chi connectivity index (χ3n) is 3.99. The first kappa shape index (κ1) is 22.1. The minimum atomic E-state index is -3.25. The molecular formula is C19H22ClF2N3O2S. The van der Waals surface area contributed by atoms with Crippen molar-refractivity contribution < 1.29 is 17.2 Å². The van der Waals surface area contributed by atoms with E-state index in [-0.39, 0.29) is 18.1 Å². The van der Waals surface area contributed by atoms with Crippen molar-refractivity contribution >= 4 is 27.4 Å². The van der Waals surface area contributed by atoms with E-state index in [0.29, 0.717) is 40.6 Å². The summed E-state index contributed by atoms with van der Waals surface area (Å²) in [6.45, 7) is 0.558. The lowest BCUT2D eigenvalue weighted by molar-refractivity contribution is 0.599. The van der Waals surface area contributed by atoms with Gasteiger partial charge in [-0.15, -0.1) is 0 Å². The van der Waals surface area contributed by atoms with Crippen LogP contribution in [0.5, 0.6) is 0 Å². The maximum atomic E-state index is 13.8. The van der Waals surface area contributed by atoms with E-state index in [9.17, 15) is 17.2 Å². The fourth-order valence-corrected chi connectivity index (χ4v) is 3.76. The van der Waals surface area contributed by atoms with Crippen LogP contribution in [0.4, 0.5) is 8.78 Å². The molecule has 0 radical (unpaired) electrons. The van der Waals surface area contributed by atoms with E-state index >= 15 is 0 Å². The van der Waals surface area contributed by atoms with Crippen molar-refractivity contribution in [2.75, 3.05) is 19.8 Å². The second kappa shape index (κ2) is 9.84. The number of sulfone groups is 1. The summed E-state index contributed by atoms with van der Waals surface area (Å²) in [7, 11) is -1.69. The molecule has 0 aromatic heterocycles. The largest absolute Gasteiger partial charge is 0.356 e. The molecule has 0 amide bonds. The Morgan fingerprint density at radius 2 is 1.89 bits per heavy atom. The monoisotopic (exact) mass is 429 g/mol. The van der Waals surface area contributed by atoms with Crippen molar-refractivity contribution in [1.29, 1.82) is 0 Å². The predicted molar refractivity (Wildman–Crippen MR) is 108 cm³/mol. The molecule has 0 saturated heterocycles. The van der Waals surface area contributed by atoms with E-state index in [4.69, 9.17) is 11.6 Å². The molecule has 0 aliphatic carbocycles. The number of halogens is 3. The Balaban J connectivity index is 1.98. The van der Waals surface area contributed by atoms with Gasteiger partial charge in [-0.25, -0.2) is 17.2 Å². The minimum Gasteiger partial charge on any atom is -0.356 e. The molecule has 0 unspecified atom stereocenters. The topological polar surface area (TPSA) is 70.6 Å².